The average molecular weight is 434 g/mol. The lowest BCUT2D eigenvalue weighted by Gasteiger charge is -2.27. The van der Waals surface area contributed by atoms with Gasteiger partial charge >= 0.3 is 6.09 Å². The van der Waals surface area contributed by atoms with Crippen LogP contribution in [0, 0.1) is 6.92 Å². The fourth-order valence-corrected chi connectivity index (χ4v) is 3.88. The van der Waals surface area contributed by atoms with Crippen molar-refractivity contribution in [3.8, 4) is 11.6 Å². The van der Waals surface area contributed by atoms with Crippen molar-refractivity contribution in [2.45, 2.75) is 26.3 Å². The van der Waals surface area contributed by atoms with Crippen LogP contribution in [-0.4, -0.2) is 37.3 Å². The zero-order valence-corrected chi connectivity index (χ0v) is 17.7. The first-order chi connectivity index (χ1) is 15.1. The second-order valence-electron chi connectivity index (χ2n) is 7.51. The van der Waals surface area contributed by atoms with Crippen LogP contribution in [0.4, 0.5) is 4.79 Å². The van der Waals surface area contributed by atoms with Gasteiger partial charge in [-0.25, -0.2) is 9.48 Å². The van der Waals surface area contributed by atoms with Gasteiger partial charge in [-0.2, -0.15) is 10.1 Å². The largest absolute Gasteiger partial charge is 0.416 e. The standard InChI is InChI=1S/C23H20ClN5O2/c1-15-20-13-16-14-28(12-4-6-18-5-2-3-11-25-18)23(30)31-22(16)26-21(20)29(27-15)19-9-7-17(24)8-10-19/h2-3,5,7-11,13H,4,6,12,14H2,1H3. The lowest BCUT2D eigenvalue weighted by molar-refractivity contribution is 0.135. The van der Waals surface area contributed by atoms with E-state index in [9.17, 15) is 4.79 Å². The minimum Gasteiger partial charge on any atom is -0.391 e. The summed E-state index contributed by atoms with van der Waals surface area (Å²) in [6, 6.07) is 15.2. The van der Waals surface area contributed by atoms with Crippen LogP contribution in [0.5, 0.6) is 5.88 Å². The third-order valence-corrected chi connectivity index (χ3v) is 5.60. The van der Waals surface area contributed by atoms with Crippen LogP contribution >= 0.6 is 11.6 Å². The number of ether oxygens (including phenoxy) is 1. The Hall–Kier alpha value is -3.45. The van der Waals surface area contributed by atoms with Crippen molar-refractivity contribution in [3.05, 3.63) is 76.7 Å². The molecule has 0 saturated carbocycles. The molecule has 0 saturated heterocycles. The van der Waals surface area contributed by atoms with Crippen molar-refractivity contribution >= 4 is 28.7 Å². The summed E-state index contributed by atoms with van der Waals surface area (Å²) in [5, 5.41) is 6.21. The number of nitrogens with zero attached hydrogens (tertiary/aromatic N) is 5. The van der Waals surface area contributed by atoms with Crippen molar-refractivity contribution in [3.63, 3.8) is 0 Å². The number of aromatic nitrogens is 4. The molecule has 0 aliphatic carbocycles. The number of carbonyl (C=O) groups excluding carboxylic acids is 1. The number of pyridine rings is 2. The van der Waals surface area contributed by atoms with E-state index in [0.29, 0.717) is 29.6 Å². The Labute approximate surface area is 184 Å². The number of fused-ring (bicyclic) bond motifs is 2. The number of benzene rings is 1. The van der Waals surface area contributed by atoms with Crippen molar-refractivity contribution in [2.24, 2.45) is 0 Å². The third kappa shape index (κ3) is 3.84. The van der Waals surface area contributed by atoms with Gasteiger partial charge in [0.2, 0.25) is 5.88 Å². The van der Waals surface area contributed by atoms with Crippen molar-refractivity contribution in [1.29, 1.82) is 0 Å². The van der Waals surface area contributed by atoms with E-state index in [2.05, 4.69) is 15.1 Å². The van der Waals surface area contributed by atoms with Gasteiger partial charge in [0, 0.05) is 34.4 Å². The number of amides is 1. The lowest BCUT2D eigenvalue weighted by atomic mass is 10.1. The molecule has 31 heavy (non-hydrogen) atoms. The van der Waals surface area contributed by atoms with E-state index in [-0.39, 0.29) is 6.09 Å². The summed E-state index contributed by atoms with van der Waals surface area (Å²) in [4.78, 5) is 23.2. The van der Waals surface area contributed by atoms with Gasteiger partial charge in [-0.3, -0.25) is 4.98 Å². The first-order valence-electron chi connectivity index (χ1n) is 10.1. The molecule has 0 bridgehead atoms. The van der Waals surface area contributed by atoms with E-state index in [1.54, 1.807) is 27.9 Å². The summed E-state index contributed by atoms with van der Waals surface area (Å²) >= 11 is 6.01. The number of carbonyl (C=O) groups is 1. The zero-order chi connectivity index (χ0) is 21.4. The van der Waals surface area contributed by atoms with Crippen molar-refractivity contribution in [1.82, 2.24) is 24.6 Å². The van der Waals surface area contributed by atoms with Gasteiger partial charge in [0.1, 0.15) is 0 Å². The summed E-state index contributed by atoms with van der Waals surface area (Å²) in [6.45, 7) is 3.00. The predicted molar refractivity (Wildman–Crippen MR) is 118 cm³/mol. The first-order valence-corrected chi connectivity index (χ1v) is 10.5. The Kier molecular flexibility index (Phi) is 5.03. The van der Waals surface area contributed by atoms with Crippen LogP contribution < -0.4 is 4.74 Å². The smallest absolute Gasteiger partial charge is 0.391 e. The number of hydrogen-bond acceptors (Lipinski definition) is 5. The van der Waals surface area contributed by atoms with Gasteiger partial charge in [0.05, 0.1) is 17.9 Å². The number of hydrogen-bond donors (Lipinski definition) is 0. The maximum atomic E-state index is 12.5. The quantitative estimate of drug-likeness (QED) is 0.455. The minimum absolute atomic E-state index is 0.341. The third-order valence-electron chi connectivity index (χ3n) is 5.34. The molecule has 0 unspecified atom stereocenters. The van der Waals surface area contributed by atoms with Crippen LogP contribution in [0.3, 0.4) is 0 Å². The second kappa shape index (κ2) is 8.00. The molecule has 1 aliphatic heterocycles. The Bertz CT molecular complexity index is 1250. The molecule has 4 heterocycles. The van der Waals surface area contributed by atoms with E-state index in [1.807, 2.05) is 43.3 Å². The molecule has 156 valence electrons. The highest BCUT2D eigenvalue weighted by Gasteiger charge is 2.27. The van der Waals surface area contributed by atoms with E-state index in [1.165, 1.54) is 0 Å². The molecule has 0 atom stereocenters. The van der Waals surface area contributed by atoms with Gasteiger partial charge in [0.25, 0.3) is 0 Å². The van der Waals surface area contributed by atoms with Gasteiger partial charge in [0.15, 0.2) is 5.65 Å². The molecule has 1 amide bonds. The SMILES string of the molecule is Cc1nn(-c2ccc(Cl)cc2)c2nc3c(cc12)CN(CCCc1ccccn1)C(=O)O3. The molecule has 7 nitrogen and oxygen atoms in total. The molecule has 8 heteroatoms. The molecule has 0 spiro atoms. The van der Waals surface area contributed by atoms with Crippen LogP contribution in [0.25, 0.3) is 16.7 Å². The molecular weight excluding hydrogens is 414 g/mol. The highest BCUT2D eigenvalue weighted by atomic mass is 35.5. The van der Waals surface area contributed by atoms with E-state index in [4.69, 9.17) is 16.3 Å². The molecule has 3 aromatic heterocycles. The summed E-state index contributed by atoms with van der Waals surface area (Å²) in [6.07, 6.45) is 3.02. The maximum Gasteiger partial charge on any atom is 0.416 e. The highest BCUT2D eigenvalue weighted by molar-refractivity contribution is 6.30. The van der Waals surface area contributed by atoms with Gasteiger partial charge < -0.3 is 9.64 Å². The van der Waals surface area contributed by atoms with Gasteiger partial charge in [-0.15, -0.1) is 0 Å². The second-order valence-corrected chi connectivity index (χ2v) is 7.95. The molecular formula is C23H20ClN5O2. The minimum atomic E-state index is -0.380. The molecule has 4 aromatic rings. The number of rotatable bonds is 5. The molecule has 0 radical (unpaired) electrons. The predicted octanol–water partition coefficient (Wildman–Crippen LogP) is 4.72. The first kappa shape index (κ1) is 19.5. The fourth-order valence-electron chi connectivity index (χ4n) is 3.76. The normalized spacial score (nSPS) is 13.4. The summed E-state index contributed by atoms with van der Waals surface area (Å²) in [7, 11) is 0. The van der Waals surface area contributed by atoms with Crippen molar-refractivity contribution in [2.75, 3.05) is 6.54 Å². The van der Waals surface area contributed by atoms with Crippen LogP contribution in [0.2, 0.25) is 5.02 Å². The molecule has 5 rings (SSSR count). The van der Waals surface area contributed by atoms with Gasteiger partial charge in [-0.05, 0) is 62.2 Å². The van der Waals surface area contributed by atoms with Crippen LogP contribution in [-0.2, 0) is 13.0 Å². The molecule has 0 fully saturated rings. The van der Waals surface area contributed by atoms with E-state index in [0.717, 1.165) is 40.9 Å². The Morgan fingerprint density at radius 3 is 2.77 bits per heavy atom. The Balaban J connectivity index is 1.39. The average Bonchev–Trinajstić information content (AvgIpc) is 3.09. The number of aryl methyl sites for hydroxylation is 2. The molecule has 0 N–H and O–H groups in total. The molecule has 1 aliphatic rings. The molecule has 1 aromatic carbocycles. The maximum absolute atomic E-state index is 12.5. The Morgan fingerprint density at radius 2 is 2.00 bits per heavy atom. The zero-order valence-electron chi connectivity index (χ0n) is 17.0. The summed E-state index contributed by atoms with van der Waals surface area (Å²) < 4.78 is 7.32. The van der Waals surface area contributed by atoms with Crippen molar-refractivity contribution < 1.29 is 9.53 Å². The van der Waals surface area contributed by atoms with Crippen LogP contribution in [0.1, 0.15) is 23.4 Å². The summed E-state index contributed by atoms with van der Waals surface area (Å²) in [5.74, 6) is 0.341. The number of halogens is 1. The Morgan fingerprint density at radius 1 is 1.16 bits per heavy atom. The van der Waals surface area contributed by atoms with Crippen LogP contribution in [0.15, 0.2) is 54.7 Å². The van der Waals surface area contributed by atoms with E-state index < -0.39 is 0 Å². The van der Waals surface area contributed by atoms with Gasteiger partial charge in [-0.1, -0.05) is 17.7 Å². The monoisotopic (exact) mass is 433 g/mol. The highest BCUT2D eigenvalue weighted by Crippen LogP contribution is 2.30. The fraction of sp³-hybridized carbons (Fsp3) is 0.217. The lowest BCUT2D eigenvalue weighted by Crippen LogP contribution is -2.38. The topological polar surface area (TPSA) is 73.1 Å². The summed E-state index contributed by atoms with van der Waals surface area (Å²) in [5.41, 5.74) is 4.24. The van der Waals surface area contributed by atoms with E-state index >= 15 is 0 Å².